The van der Waals surface area contributed by atoms with Crippen molar-refractivity contribution in [3.8, 4) is 0 Å². The van der Waals surface area contributed by atoms with E-state index in [0.29, 0.717) is 12.0 Å². The van der Waals surface area contributed by atoms with Gasteiger partial charge in [-0.15, -0.1) is 0 Å². The van der Waals surface area contributed by atoms with E-state index in [9.17, 15) is 4.39 Å². The zero-order valence-corrected chi connectivity index (χ0v) is 12.1. The zero-order chi connectivity index (χ0) is 13.9. The van der Waals surface area contributed by atoms with Crippen LogP contribution in [0.5, 0.6) is 0 Å². The molecule has 0 atom stereocenters. The summed E-state index contributed by atoms with van der Waals surface area (Å²) in [5.41, 5.74) is 8.04. The first-order valence-electron chi connectivity index (χ1n) is 7.31. The van der Waals surface area contributed by atoms with E-state index in [0.717, 1.165) is 30.8 Å². The highest BCUT2D eigenvalue weighted by Gasteiger charge is 2.28. The Kier molecular flexibility index (Phi) is 4.46. The minimum Gasteiger partial charge on any atom is -0.371 e. The van der Waals surface area contributed by atoms with Crippen LogP contribution in [0.15, 0.2) is 18.2 Å². The maximum absolute atomic E-state index is 13.7. The highest BCUT2D eigenvalue weighted by molar-refractivity contribution is 5.49. The van der Waals surface area contributed by atoms with Crippen LogP contribution >= 0.6 is 0 Å². The fraction of sp³-hybridized carbons (Fsp3) is 0.625. The van der Waals surface area contributed by atoms with Gasteiger partial charge in [0.2, 0.25) is 0 Å². The summed E-state index contributed by atoms with van der Waals surface area (Å²) in [4.78, 5) is 2.31. The van der Waals surface area contributed by atoms with Crippen LogP contribution in [0.1, 0.15) is 38.7 Å². The molecule has 1 aliphatic rings. The molecule has 3 heteroatoms. The minimum atomic E-state index is -0.148. The average Bonchev–Trinajstić information content (AvgIpc) is 2.39. The minimum absolute atomic E-state index is 0.148. The summed E-state index contributed by atoms with van der Waals surface area (Å²) in [6, 6.07) is 5.33. The molecule has 106 valence electrons. The molecule has 0 saturated carbocycles. The molecule has 0 radical (unpaired) electrons. The van der Waals surface area contributed by atoms with Gasteiger partial charge in [-0.2, -0.15) is 0 Å². The van der Waals surface area contributed by atoms with Crippen molar-refractivity contribution in [2.45, 2.75) is 39.5 Å². The number of piperidine rings is 1. The lowest BCUT2D eigenvalue weighted by Crippen LogP contribution is -2.38. The van der Waals surface area contributed by atoms with Gasteiger partial charge in [-0.1, -0.05) is 20.3 Å². The molecule has 2 rings (SSSR count). The van der Waals surface area contributed by atoms with Crippen LogP contribution < -0.4 is 10.6 Å². The highest BCUT2D eigenvalue weighted by Crippen LogP contribution is 2.35. The zero-order valence-electron chi connectivity index (χ0n) is 12.1. The average molecular weight is 264 g/mol. The summed E-state index contributed by atoms with van der Waals surface area (Å²) in [6.45, 7) is 7.23. The summed E-state index contributed by atoms with van der Waals surface area (Å²) >= 11 is 0. The van der Waals surface area contributed by atoms with Crippen LogP contribution in [0.3, 0.4) is 0 Å². The van der Waals surface area contributed by atoms with Gasteiger partial charge in [0.1, 0.15) is 5.82 Å². The lowest BCUT2D eigenvalue weighted by atomic mass is 9.78. The Bertz CT molecular complexity index is 423. The third kappa shape index (κ3) is 3.47. The van der Waals surface area contributed by atoms with Crippen molar-refractivity contribution in [2.24, 2.45) is 11.1 Å². The summed E-state index contributed by atoms with van der Waals surface area (Å²) in [5.74, 6) is -0.148. The van der Waals surface area contributed by atoms with E-state index >= 15 is 0 Å². The molecule has 1 aromatic rings. The topological polar surface area (TPSA) is 29.3 Å². The van der Waals surface area contributed by atoms with Gasteiger partial charge in [0.15, 0.2) is 0 Å². The van der Waals surface area contributed by atoms with Gasteiger partial charge >= 0.3 is 0 Å². The Morgan fingerprint density at radius 3 is 2.53 bits per heavy atom. The number of halogens is 1. The predicted molar refractivity (Wildman–Crippen MR) is 79.0 cm³/mol. The Hall–Kier alpha value is -1.09. The molecule has 0 aromatic heterocycles. The predicted octanol–water partition coefficient (Wildman–Crippen LogP) is 3.34. The van der Waals surface area contributed by atoms with Crippen LogP contribution in [0.2, 0.25) is 0 Å². The fourth-order valence-electron chi connectivity index (χ4n) is 2.79. The van der Waals surface area contributed by atoms with E-state index in [4.69, 9.17) is 5.73 Å². The van der Waals surface area contributed by atoms with Gasteiger partial charge < -0.3 is 10.6 Å². The van der Waals surface area contributed by atoms with E-state index in [-0.39, 0.29) is 5.82 Å². The summed E-state index contributed by atoms with van der Waals surface area (Å²) < 4.78 is 13.7. The number of hydrogen-bond donors (Lipinski definition) is 1. The van der Waals surface area contributed by atoms with Crippen molar-refractivity contribution in [3.63, 3.8) is 0 Å². The van der Waals surface area contributed by atoms with Crippen molar-refractivity contribution in [1.82, 2.24) is 0 Å². The van der Waals surface area contributed by atoms with Crippen LogP contribution in [0, 0.1) is 11.2 Å². The molecule has 0 bridgehead atoms. The summed E-state index contributed by atoms with van der Waals surface area (Å²) in [5, 5.41) is 0. The van der Waals surface area contributed by atoms with Crippen LogP contribution in [0.25, 0.3) is 0 Å². The SMILES string of the molecule is CCC1(C)CCN(c2cc(F)cc(CCN)c2)CC1. The number of benzene rings is 1. The molecule has 0 amide bonds. The largest absolute Gasteiger partial charge is 0.371 e. The molecule has 0 unspecified atom stereocenters. The summed E-state index contributed by atoms with van der Waals surface area (Å²) in [7, 11) is 0. The van der Waals surface area contributed by atoms with Crippen molar-refractivity contribution < 1.29 is 4.39 Å². The van der Waals surface area contributed by atoms with E-state index in [1.807, 2.05) is 0 Å². The third-order valence-electron chi connectivity index (χ3n) is 4.56. The van der Waals surface area contributed by atoms with Gasteiger partial charge in [-0.3, -0.25) is 0 Å². The molecule has 1 aromatic carbocycles. The number of hydrogen-bond acceptors (Lipinski definition) is 2. The molecule has 2 N–H and O–H groups in total. The van der Waals surface area contributed by atoms with Crippen molar-refractivity contribution in [2.75, 3.05) is 24.5 Å². The van der Waals surface area contributed by atoms with Crippen molar-refractivity contribution in [1.29, 1.82) is 0 Å². The molecule has 1 heterocycles. The second-order valence-electron chi connectivity index (χ2n) is 6.01. The van der Waals surface area contributed by atoms with E-state index in [1.165, 1.54) is 19.3 Å². The van der Waals surface area contributed by atoms with Crippen LogP contribution in [-0.2, 0) is 6.42 Å². The molecule has 0 aliphatic carbocycles. The Labute approximate surface area is 115 Å². The molecular formula is C16H25FN2. The number of nitrogens with two attached hydrogens (primary N) is 1. The second-order valence-corrected chi connectivity index (χ2v) is 6.01. The second kappa shape index (κ2) is 5.91. The van der Waals surface area contributed by atoms with E-state index < -0.39 is 0 Å². The molecule has 2 nitrogen and oxygen atoms in total. The van der Waals surface area contributed by atoms with Crippen LogP contribution in [0.4, 0.5) is 10.1 Å². The van der Waals surface area contributed by atoms with E-state index in [1.54, 1.807) is 12.1 Å². The van der Waals surface area contributed by atoms with E-state index in [2.05, 4.69) is 24.8 Å². The van der Waals surface area contributed by atoms with Gasteiger partial charge in [0.25, 0.3) is 0 Å². The summed E-state index contributed by atoms with van der Waals surface area (Å²) in [6.07, 6.45) is 4.34. The van der Waals surface area contributed by atoms with Gasteiger partial charge in [0, 0.05) is 18.8 Å². The van der Waals surface area contributed by atoms with Gasteiger partial charge in [-0.25, -0.2) is 4.39 Å². The maximum atomic E-state index is 13.7. The van der Waals surface area contributed by atoms with Gasteiger partial charge in [0.05, 0.1) is 0 Å². The first-order chi connectivity index (χ1) is 9.06. The molecule has 1 aliphatic heterocycles. The Morgan fingerprint density at radius 1 is 1.26 bits per heavy atom. The highest BCUT2D eigenvalue weighted by atomic mass is 19.1. The first-order valence-corrected chi connectivity index (χ1v) is 7.31. The molecular weight excluding hydrogens is 239 g/mol. The fourth-order valence-corrected chi connectivity index (χ4v) is 2.79. The molecule has 1 saturated heterocycles. The third-order valence-corrected chi connectivity index (χ3v) is 4.56. The quantitative estimate of drug-likeness (QED) is 0.903. The maximum Gasteiger partial charge on any atom is 0.125 e. The monoisotopic (exact) mass is 264 g/mol. The normalized spacial score (nSPS) is 18.6. The number of nitrogens with zero attached hydrogens (tertiary/aromatic N) is 1. The molecule has 1 fully saturated rings. The number of rotatable bonds is 4. The smallest absolute Gasteiger partial charge is 0.125 e. The van der Waals surface area contributed by atoms with Crippen molar-refractivity contribution >= 4 is 5.69 Å². The molecule has 19 heavy (non-hydrogen) atoms. The lowest BCUT2D eigenvalue weighted by molar-refractivity contribution is 0.238. The Morgan fingerprint density at radius 2 is 1.95 bits per heavy atom. The molecule has 0 spiro atoms. The Balaban J connectivity index is 2.10. The number of anilines is 1. The first kappa shape index (κ1) is 14.3. The van der Waals surface area contributed by atoms with Gasteiger partial charge in [-0.05, 0) is 55.0 Å². The van der Waals surface area contributed by atoms with Crippen LogP contribution in [-0.4, -0.2) is 19.6 Å². The standard InChI is InChI=1S/C16H25FN2/c1-3-16(2)5-8-19(9-6-16)15-11-13(4-7-18)10-14(17)12-15/h10-12H,3-9,18H2,1-2H3. The lowest BCUT2D eigenvalue weighted by Gasteiger charge is -2.40. The van der Waals surface area contributed by atoms with Crippen molar-refractivity contribution in [3.05, 3.63) is 29.6 Å².